The van der Waals surface area contributed by atoms with E-state index in [0.717, 1.165) is 19.4 Å². The summed E-state index contributed by atoms with van der Waals surface area (Å²) in [5.74, 6) is 0.255. The molecule has 0 saturated carbocycles. The predicted molar refractivity (Wildman–Crippen MR) is 109 cm³/mol. The first-order chi connectivity index (χ1) is 13.2. The Hall–Kier alpha value is -2.19. The van der Waals surface area contributed by atoms with E-state index < -0.39 is 9.84 Å². The van der Waals surface area contributed by atoms with Crippen molar-refractivity contribution in [1.29, 1.82) is 0 Å². The van der Waals surface area contributed by atoms with Gasteiger partial charge in [0.1, 0.15) is 0 Å². The lowest BCUT2D eigenvalue weighted by atomic mass is 10.1. The van der Waals surface area contributed by atoms with Gasteiger partial charge in [0.25, 0.3) is 5.91 Å². The quantitative estimate of drug-likeness (QED) is 0.651. The first-order valence-electron chi connectivity index (χ1n) is 9.48. The molecule has 0 spiro atoms. The van der Waals surface area contributed by atoms with Gasteiger partial charge in [-0.15, -0.1) is 0 Å². The van der Waals surface area contributed by atoms with Gasteiger partial charge in [-0.2, -0.15) is 0 Å². The van der Waals surface area contributed by atoms with Crippen LogP contribution in [-0.4, -0.2) is 56.8 Å². The predicted octanol–water partition coefficient (Wildman–Crippen LogP) is 2.99. The van der Waals surface area contributed by atoms with Crippen molar-refractivity contribution in [1.82, 2.24) is 15.4 Å². The third-order valence-electron chi connectivity index (χ3n) is 4.33. The molecule has 0 aliphatic carbocycles. The van der Waals surface area contributed by atoms with Crippen LogP contribution in [0.15, 0.2) is 39.8 Å². The lowest BCUT2D eigenvalue weighted by molar-refractivity contribution is 0.0928. The topological polar surface area (TPSA) is 92.5 Å². The van der Waals surface area contributed by atoms with Crippen LogP contribution in [0.2, 0.25) is 0 Å². The first kappa shape index (κ1) is 22.1. The number of aromatic nitrogens is 1. The highest BCUT2D eigenvalue weighted by molar-refractivity contribution is 7.91. The Kier molecular flexibility index (Phi) is 7.77. The third kappa shape index (κ3) is 6.17. The molecule has 1 N–H and O–H groups in total. The van der Waals surface area contributed by atoms with Gasteiger partial charge >= 0.3 is 0 Å². The zero-order valence-electron chi connectivity index (χ0n) is 16.9. The molecule has 8 heteroatoms. The van der Waals surface area contributed by atoms with E-state index in [0.29, 0.717) is 17.7 Å². The minimum atomic E-state index is -3.26. The molecule has 1 aromatic carbocycles. The molecule has 0 saturated heterocycles. The number of benzene rings is 1. The molecule has 1 unspecified atom stereocenters. The number of amides is 1. The monoisotopic (exact) mass is 407 g/mol. The summed E-state index contributed by atoms with van der Waals surface area (Å²) in [7, 11) is 0.782. The summed E-state index contributed by atoms with van der Waals surface area (Å²) < 4.78 is 29.5. The normalized spacial score (nSPS) is 12.9. The van der Waals surface area contributed by atoms with Gasteiger partial charge in [0.05, 0.1) is 10.6 Å². The van der Waals surface area contributed by atoms with Gasteiger partial charge in [0.2, 0.25) is 0 Å². The van der Waals surface area contributed by atoms with Crippen LogP contribution in [0, 0.1) is 0 Å². The van der Waals surface area contributed by atoms with E-state index in [1.165, 1.54) is 0 Å². The van der Waals surface area contributed by atoms with Gasteiger partial charge in [-0.25, -0.2) is 8.42 Å². The van der Waals surface area contributed by atoms with Crippen LogP contribution in [0.5, 0.6) is 0 Å². The highest BCUT2D eigenvalue weighted by Crippen LogP contribution is 2.23. The summed E-state index contributed by atoms with van der Waals surface area (Å²) in [5, 5.41) is 6.76. The number of hydrogen-bond acceptors (Lipinski definition) is 6. The Morgan fingerprint density at radius 1 is 1.25 bits per heavy atom. The Balaban J connectivity index is 2.00. The summed E-state index contributed by atoms with van der Waals surface area (Å²) in [4.78, 5) is 14.7. The standard InChI is InChI=1S/C20H29N3O4S/c1-5-13-28(25,26)17-10-8-16(9-11-17)19-14-18(22-27-19)20(24)21-15(2)7-6-12-23(3)4/h8-11,14-15H,5-7,12-13H2,1-4H3,(H,21,24). The molecular weight excluding hydrogens is 378 g/mol. The summed E-state index contributed by atoms with van der Waals surface area (Å²) in [5.41, 5.74) is 0.873. The van der Waals surface area contributed by atoms with Crippen LogP contribution in [0.1, 0.15) is 43.6 Å². The molecule has 0 aliphatic heterocycles. The van der Waals surface area contributed by atoms with Gasteiger partial charge in [-0.3, -0.25) is 4.79 Å². The van der Waals surface area contributed by atoms with Crippen molar-refractivity contribution in [2.45, 2.75) is 44.0 Å². The Morgan fingerprint density at radius 2 is 1.93 bits per heavy atom. The van der Waals surface area contributed by atoms with Crippen LogP contribution in [0.25, 0.3) is 11.3 Å². The molecule has 0 aliphatic rings. The zero-order valence-corrected chi connectivity index (χ0v) is 17.8. The minimum Gasteiger partial charge on any atom is -0.355 e. The second-order valence-electron chi connectivity index (χ2n) is 7.24. The van der Waals surface area contributed by atoms with Gasteiger partial charge in [0.15, 0.2) is 21.3 Å². The van der Waals surface area contributed by atoms with Crippen molar-refractivity contribution in [3.63, 3.8) is 0 Å². The maximum absolute atomic E-state index is 12.3. The van der Waals surface area contributed by atoms with Gasteiger partial charge in [-0.05, 0) is 71.1 Å². The fourth-order valence-corrected chi connectivity index (χ4v) is 4.14. The second-order valence-corrected chi connectivity index (χ2v) is 9.35. The number of carbonyl (C=O) groups is 1. The number of rotatable bonds is 10. The van der Waals surface area contributed by atoms with Crippen LogP contribution >= 0.6 is 0 Å². The highest BCUT2D eigenvalue weighted by atomic mass is 32.2. The third-order valence-corrected chi connectivity index (χ3v) is 6.27. The molecule has 1 heterocycles. The van der Waals surface area contributed by atoms with Crippen molar-refractivity contribution >= 4 is 15.7 Å². The number of nitrogens with one attached hydrogen (secondary N) is 1. The van der Waals surface area contributed by atoms with Gasteiger partial charge < -0.3 is 14.7 Å². The fraction of sp³-hybridized carbons (Fsp3) is 0.500. The summed E-state index contributed by atoms with van der Waals surface area (Å²) in [6, 6.07) is 8.03. The van der Waals surface area contributed by atoms with Crippen molar-refractivity contribution in [2.24, 2.45) is 0 Å². The van der Waals surface area contributed by atoms with E-state index in [-0.39, 0.29) is 28.3 Å². The van der Waals surface area contributed by atoms with E-state index >= 15 is 0 Å². The van der Waals surface area contributed by atoms with Crippen molar-refractivity contribution in [3.05, 3.63) is 36.0 Å². The zero-order chi connectivity index (χ0) is 20.7. The van der Waals surface area contributed by atoms with E-state index in [9.17, 15) is 13.2 Å². The van der Waals surface area contributed by atoms with Crippen molar-refractivity contribution in [2.75, 3.05) is 26.4 Å². The molecule has 0 fully saturated rings. The molecule has 2 aromatic rings. The fourth-order valence-electron chi connectivity index (χ4n) is 2.81. The average molecular weight is 408 g/mol. The molecule has 1 atom stereocenters. The average Bonchev–Trinajstić information content (AvgIpc) is 3.11. The summed E-state index contributed by atoms with van der Waals surface area (Å²) >= 11 is 0. The number of nitrogens with zero attached hydrogens (tertiary/aromatic N) is 2. The first-order valence-corrected chi connectivity index (χ1v) is 11.1. The van der Waals surface area contributed by atoms with E-state index in [1.54, 1.807) is 30.3 Å². The van der Waals surface area contributed by atoms with E-state index in [2.05, 4.69) is 15.4 Å². The largest absolute Gasteiger partial charge is 0.355 e. The maximum atomic E-state index is 12.3. The molecule has 7 nitrogen and oxygen atoms in total. The van der Waals surface area contributed by atoms with E-state index in [1.807, 2.05) is 27.9 Å². The van der Waals surface area contributed by atoms with Crippen LogP contribution in [0.3, 0.4) is 0 Å². The maximum Gasteiger partial charge on any atom is 0.273 e. The lowest BCUT2D eigenvalue weighted by Gasteiger charge is -2.14. The van der Waals surface area contributed by atoms with Crippen molar-refractivity contribution < 1.29 is 17.7 Å². The smallest absolute Gasteiger partial charge is 0.273 e. The van der Waals surface area contributed by atoms with Crippen LogP contribution in [0.4, 0.5) is 0 Å². The molecule has 1 amide bonds. The Labute approximate surface area is 167 Å². The molecule has 154 valence electrons. The second kappa shape index (κ2) is 9.84. The van der Waals surface area contributed by atoms with E-state index in [4.69, 9.17) is 4.52 Å². The molecule has 0 radical (unpaired) electrons. The molecule has 1 aromatic heterocycles. The number of sulfone groups is 1. The van der Waals surface area contributed by atoms with Crippen LogP contribution in [-0.2, 0) is 9.84 Å². The molecule has 28 heavy (non-hydrogen) atoms. The Bertz CT molecular complexity index is 873. The van der Waals surface area contributed by atoms with Crippen molar-refractivity contribution in [3.8, 4) is 11.3 Å². The number of hydrogen-bond donors (Lipinski definition) is 1. The van der Waals surface area contributed by atoms with Crippen LogP contribution < -0.4 is 5.32 Å². The summed E-state index contributed by atoms with van der Waals surface area (Å²) in [6.07, 6.45) is 2.44. The number of carbonyl (C=O) groups excluding carboxylic acids is 1. The molecule has 2 rings (SSSR count). The van der Waals surface area contributed by atoms with Gasteiger partial charge in [0, 0.05) is 17.7 Å². The van der Waals surface area contributed by atoms with Gasteiger partial charge in [-0.1, -0.05) is 12.1 Å². The minimum absolute atomic E-state index is 0.0376. The lowest BCUT2D eigenvalue weighted by Crippen LogP contribution is -2.33. The molecular formula is C20H29N3O4S. The highest BCUT2D eigenvalue weighted by Gasteiger charge is 2.17. The summed E-state index contributed by atoms with van der Waals surface area (Å²) in [6.45, 7) is 4.76. The molecule has 0 bridgehead atoms. The SMILES string of the molecule is CCCS(=O)(=O)c1ccc(-c2cc(C(=O)NC(C)CCCN(C)C)no2)cc1. The Morgan fingerprint density at radius 3 is 2.54 bits per heavy atom.